The molecule has 4 heteroatoms. The Balaban J connectivity index is 1.93. The first-order valence-electron chi connectivity index (χ1n) is 7.09. The van der Waals surface area contributed by atoms with Crippen molar-refractivity contribution in [2.24, 2.45) is 5.16 Å². The number of benzene rings is 2. The van der Waals surface area contributed by atoms with Gasteiger partial charge in [0.2, 0.25) is 0 Å². The van der Waals surface area contributed by atoms with Crippen LogP contribution in [-0.2, 0) is 11.4 Å². The van der Waals surface area contributed by atoms with E-state index in [9.17, 15) is 0 Å². The standard InChI is InChI=1S/C18H18N2O2/c1-14(2)22-18-6-4-3-5-17(18)12-20-21-13-16-9-7-15(11-19)8-10-16/h3-10,12,14H,13H2,1-2H3/b20-12+. The van der Waals surface area contributed by atoms with E-state index in [4.69, 9.17) is 14.8 Å². The molecule has 22 heavy (non-hydrogen) atoms. The summed E-state index contributed by atoms with van der Waals surface area (Å²) in [7, 11) is 0. The molecule has 0 aliphatic carbocycles. The first-order valence-corrected chi connectivity index (χ1v) is 7.09. The maximum Gasteiger partial charge on any atom is 0.142 e. The van der Waals surface area contributed by atoms with Gasteiger partial charge in [-0.05, 0) is 43.7 Å². The Labute approximate surface area is 130 Å². The normalized spacial score (nSPS) is 10.6. The van der Waals surface area contributed by atoms with Gasteiger partial charge < -0.3 is 9.57 Å². The molecule has 0 aliphatic heterocycles. The summed E-state index contributed by atoms with van der Waals surface area (Å²) in [5.41, 5.74) is 2.46. The number of nitrogens with zero attached hydrogens (tertiary/aromatic N) is 2. The Bertz CT molecular complexity index is 670. The minimum Gasteiger partial charge on any atom is -0.490 e. The summed E-state index contributed by atoms with van der Waals surface area (Å²) in [4.78, 5) is 5.29. The van der Waals surface area contributed by atoms with E-state index in [1.807, 2.05) is 50.2 Å². The molecular weight excluding hydrogens is 276 g/mol. The van der Waals surface area contributed by atoms with Crippen molar-refractivity contribution >= 4 is 6.21 Å². The number of para-hydroxylation sites is 1. The maximum atomic E-state index is 8.74. The molecule has 0 saturated heterocycles. The molecule has 0 unspecified atom stereocenters. The summed E-state index contributed by atoms with van der Waals surface area (Å²) in [5, 5.41) is 12.7. The zero-order chi connectivity index (χ0) is 15.8. The van der Waals surface area contributed by atoms with Crippen LogP contribution in [0.5, 0.6) is 5.75 Å². The number of hydrogen-bond donors (Lipinski definition) is 0. The Morgan fingerprint density at radius 1 is 1.14 bits per heavy atom. The number of ether oxygens (including phenoxy) is 1. The highest BCUT2D eigenvalue weighted by Gasteiger charge is 2.02. The Kier molecular flexibility index (Phi) is 5.56. The van der Waals surface area contributed by atoms with Crippen molar-refractivity contribution in [3.8, 4) is 11.8 Å². The summed E-state index contributed by atoms with van der Waals surface area (Å²) in [6.45, 7) is 4.32. The predicted octanol–water partition coefficient (Wildman–Crippen LogP) is 3.90. The minimum absolute atomic E-state index is 0.106. The van der Waals surface area contributed by atoms with Crippen LogP contribution in [0.1, 0.15) is 30.5 Å². The molecule has 2 aromatic carbocycles. The summed E-state index contributed by atoms with van der Waals surface area (Å²) in [5.74, 6) is 0.781. The fourth-order valence-corrected chi connectivity index (χ4v) is 1.83. The fraction of sp³-hybridized carbons (Fsp3) is 0.222. The molecule has 0 amide bonds. The molecule has 0 spiro atoms. The average Bonchev–Trinajstić information content (AvgIpc) is 2.53. The average molecular weight is 294 g/mol. The van der Waals surface area contributed by atoms with Crippen LogP contribution in [0.15, 0.2) is 53.7 Å². The van der Waals surface area contributed by atoms with Crippen LogP contribution in [0.4, 0.5) is 0 Å². The van der Waals surface area contributed by atoms with Crippen LogP contribution in [0, 0.1) is 11.3 Å². The van der Waals surface area contributed by atoms with Crippen molar-refractivity contribution < 1.29 is 9.57 Å². The highest BCUT2D eigenvalue weighted by Crippen LogP contribution is 2.17. The van der Waals surface area contributed by atoms with Gasteiger partial charge in [0.05, 0.1) is 24.0 Å². The SMILES string of the molecule is CC(C)Oc1ccccc1/C=N/OCc1ccc(C#N)cc1. The second-order valence-electron chi connectivity index (χ2n) is 5.02. The summed E-state index contributed by atoms with van der Waals surface area (Å²) in [6.07, 6.45) is 1.75. The van der Waals surface area contributed by atoms with Gasteiger partial charge in [-0.15, -0.1) is 0 Å². The second-order valence-corrected chi connectivity index (χ2v) is 5.02. The fourth-order valence-electron chi connectivity index (χ4n) is 1.83. The minimum atomic E-state index is 0.106. The molecule has 0 bridgehead atoms. The number of hydrogen-bond acceptors (Lipinski definition) is 4. The van der Waals surface area contributed by atoms with Gasteiger partial charge in [0.25, 0.3) is 0 Å². The van der Waals surface area contributed by atoms with E-state index < -0.39 is 0 Å². The van der Waals surface area contributed by atoms with Crippen molar-refractivity contribution in [3.63, 3.8) is 0 Å². The Hall–Kier alpha value is -2.80. The molecule has 2 rings (SSSR count). The van der Waals surface area contributed by atoms with Gasteiger partial charge in [-0.2, -0.15) is 5.26 Å². The maximum absolute atomic E-state index is 8.74. The molecule has 0 heterocycles. The van der Waals surface area contributed by atoms with E-state index in [1.54, 1.807) is 18.3 Å². The van der Waals surface area contributed by atoms with Gasteiger partial charge in [-0.25, -0.2) is 0 Å². The van der Waals surface area contributed by atoms with E-state index >= 15 is 0 Å². The molecule has 0 atom stereocenters. The zero-order valence-corrected chi connectivity index (χ0v) is 12.7. The molecule has 0 aliphatic rings. The number of oxime groups is 1. The van der Waals surface area contributed by atoms with Crippen LogP contribution in [0.25, 0.3) is 0 Å². The van der Waals surface area contributed by atoms with Crippen molar-refractivity contribution in [2.45, 2.75) is 26.6 Å². The highest BCUT2D eigenvalue weighted by atomic mass is 16.6. The lowest BCUT2D eigenvalue weighted by atomic mass is 10.2. The van der Waals surface area contributed by atoms with E-state index in [1.165, 1.54) is 0 Å². The van der Waals surface area contributed by atoms with Crippen LogP contribution in [0.2, 0.25) is 0 Å². The summed E-state index contributed by atoms with van der Waals surface area (Å²) >= 11 is 0. The second kappa shape index (κ2) is 7.84. The topological polar surface area (TPSA) is 54.6 Å². The van der Waals surface area contributed by atoms with Crippen LogP contribution >= 0.6 is 0 Å². The summed E-state index contributed by atoms with van der Waals surface area (Å²) < 4.78 is 5.71. The molecule has 4 nitrogen and oxygen atoms in total. The molecule has 0 fully saturated rings. The van der Waals surface area contributed by atoms with E-state index in [0.717, 1.165) is 16.9 Å². The van der Waals surface area contributed by atoms with Crippen molar-refractivity contribution in [1.29, 1.82) is 5.26 Å². The van der Waals surface area contributed by atoms with Crippen molar-refractivity contribution in [2.75, 3.05) is 0 Å². The zero-order valence-electron chi connectivity index (χ0n) is 12.7. The highest BCUT2D eigenvalue weighted by molar-refractivity contribution is 5.83. The van der Waals surface area contributed by atoms with Crippen molar-refractivity contribution in [1.82, 2.24) is 0 Å². The third-order valence-electron chi connectivity index (χ3n) is 2.86. The van der Waals surface area contributed by atoms with E-state index in [0.29, 0.717) is 12.2 Å². The lowest BCUT2D eigenvalue weighted by Crippen LogP contribution is -2.07. The van der Waals surface area contributed by atoms with Crippen LogP contribution in [-0.4, -0.2) is 12.3 Å². The monoisotopic (exact) mass is 294 g/mol. The van der Waals surface area contributed by atoms with Gasteiger partial charge in [-0.1, -0.05) is 29.4 Å². The molecule has 2 aromatic rings. The van der Waals surface area contributed by atoms with Gasteiger partial charge in [0, 0.05) is 5.56 Å². The Morgan fingerprint density at radius 2 is 1.86 bits per heavy atom. The van der Waals surface area contributed by atoms with Gasteiger partial charge in [-0.3, -0.25) is 0 Å². The number of nitriles is 1. The molecule has 0 radical (unpaired) electrons. The first kappa shape index (κ1) is 15.6. The predicted molar refractivity (Wildman–Crippen MR) is 85.7 cm³/mol. The van der Waals surface area contributed by atoms with E-state index in [2.05, 4.69) is 11.2 Å². The lowest BCUT2D eigenvalue weighted by Gasteiger charge is -2.11. The molecule has 0 aromatic heterocycles. The van der Waals surface area contributed by atoms with E-state index in [-0.39, 0.29) is 6.10 Å². The molecule has 0 saturated carbocycles. The van der Waals surface area contributed by atoms with Gasteiger partial charge >= 0.3 is 0 Å². The number of rotatable bonds is 6. The third-order valence-corrected chi connectivity index (χ3v) is 2.86. The largest absolute Gasteiger partial charge is 0.490 e. The molecule has 112 valence electrons. The van der Waals surface area contributed by atoms with Crippen molar-refractivity contribution in [3.05, 3.63) is 65.2 Å². The van der Waals surface area contributed by atoms with Gasteiger partial charge in [0.1, 0.15) is 12.4 Å². The first-order chi connectivity index (χ1) is 10.7. The Morgan fingerprint density at radius 3 is 2.55 bits per heavy atom. The van der Waals surface area contributed by atoms with Crippen LogP contribution < -0.4 is 4.74 Å². The lowest BCUT2D eigenvalue weighted by molar-refractivity contribution is 0.132. The van der Waals surface area contributed by atoms with Crippen LogP contribution in [0.3, 0.4) is 0 Å². The quantitative estimate of drug-likeness (QED) is 0.600. The third kappa shape index (κ3) is 4.64. The smallest absolute Gasteiger partial charge is 0.142 e. The van der Waals surface area contributed by atoms with Gasteiger partial charge in [0.15, 0.2) is 0 Å². The molecule has 0 N–H and O–H groups in total. The summed E-state index contributed by atoms with van der Waals surface area (Å²) in [6, 6.07) is 17.0. The molecular formula is C18H18N2O2.